The minimum absolute atomic E-state index is 0.0358. The normalized spacial score (nSPS) is 29.7. The lowest BCUT2D eigenvalue weighted by atomic mass is 9.95. The van der Waals surface area contributed by atoms with Crippen LogP contribution in [0, 0.1) is 29.1 Å². The molecule has 2 unspecified atom stereocenters. The number of carbonyl (C=O) groups is 4. The smallest absolute Gasteiger partial charge is 0.356 e. The average molecular weight is 476 g/mol. The molecule has 0 spiro atoms. The largest absolute Gasteiger partial charge is 0.471 e. The van der Waals surface area contributed by atoms with E-state index in [0.29, 0.717) is 19.4 Å². The fraction of sp³-hybridized carbons (Fsp3) is 0.810. The fourth-order valence-corrected chi connectivity index (χ4v) is 5.07. The molecule has 3 fully saturated rings. The zero-order valence-corrected chi connectivity index (χ0v) is 19.2. The van der Waals surface area contributed by atoms with Gasteiger partial charge in [-0.1, -0.05) is 34.1 Å². The van der Waals surface area contributed by atoms with Crippen molar-refractivity contribution in [3.05, 3.63) is 0 Å². The van der Waals surface area contributed by atoms with Gasteiger partial charge >= 0.3 is 12.1 Å². The van der Waals surface area contributed by atoms with E-state index < -0.39 is 41.9 Å². The van der Waals surface area contributed by atoms with E-state index in [4.69, 9.17) is 0 Å². The molecule has 0 radical (unpaired) electrons. The summed E-state index contributed by atoms with van der Waals surface area (Å²) in [6, 6.07) is -2.27. The predicted molar refractivity (Wildman–Crippen MR) is 111 cm³/mol. The number of hydrogen-bond acceptors (Lipinski definition) is 5. The maximum atomic E-state index is 13.3. The van der Waals surface area contributed by atoms with Crippen LogP contribution >= 0.6 is 0 Å². The Kier molecular flexibility index (Phi) is 6.97. The molecule has 2 heterocycles. The molecule has 12 heteroatoms. The molecule has 1 saturated carbocycles. The number of hydrazine groups is 1. The van der Waals surface area contributed by atoms with Gasteiger partial charge in [0.2, 0.25) is 11.8 Å². The predicted octanol–water partition coefficient (Wildman–Crippen LogP) is 0.320. The van der Waals surface area contributed by atoms with Gasteiger partial charge in [0.05, 0.1) is 5.92 Å². The van der Waals surface area contributed by atoms with E-state index in [1.54, 1.807) is 13.8 Å². The van der Waals surface area contributed by atoms with Crippen LogP contribution in [0.5, 0.6) is 0 Å². The Labute approximate surface area is 190 Å². The van der Waals surface area contributed by atoms with Crippen LogP contribution in [0.15, 0.2) is 0 Å². The Bertz CT molecular complexity index is 818. The quantitative estimate of drug-likeness (QED) is 0.377. The highest BCUT2D eigenvalue weighted by Crippen LogP contribution is 2.64. The van der Waals surface area contributed by atoms with Gasteiger partial charge in [0.1, 0.15) is 12.1 Å². The monoisotopic (exact) mass is 475 g/mol. The molecule has 0 bridgehead atoms. The Balaban J connectivity index is 1.72. The number of carbonyl (C=O) groups excluding carboxylic acids is 4. The molecule has 4 amide bonds. The van der Waals surface area contributed by atoms with Gasteiger partial charge in [-0.15, -0.1) is 0 Å². The summed E-state index contributed by atoms with van der Waals surface area (Å²) < 4.78 is 38.6. The molecule has 6 atom stereocenters. The molecular weight excluding hydrogens is 443 g/mol. The number of nitrogens with zero attached hydrogens (tertiary/aromatic N) is 1. The minimum atomic E-state index is -5.12. The standard InChI is InChI=1S/C21H32F3N5O4/c1-5-10(2)14(27-19(33)21(22,23)24)18(32)29-9-12-13(20(12,3)4)15(29)17(31)28-26-8-11-6-7-25-16(11)30/h10-15,26H,5-9H2,1-4H3,(H,25,30)(H,27,33)(H,28,31)/t10?,11-,12-,13-,14?,15-/m0/s1. The molecule has 186 valence electrons. The summed E-state index contributed by atoms with van der Waals surface area (Å²) in [5.74, 6) is -4.40. The molecule has 9 nitrogen and oxygen atoms in total. The van der Waals surface area contributed by atoms with Crippen LogP contribution in [0.1, 0.15) is 40.5 Å². The summed E-state index contributed by atoms with van der Waals surface area (Å²) in [5, 5.41) is 4.54. The number of piperidine rings is 1. The SMILES string of the molecule is CCC(C)C(NC(=O)C(F)(F)F)C(=O)N1C[C@H]2[C@@H]([C@H]1C(=O)NNC[C@@H]1CCNC1=O)C2(C)C. The van der Waals surface area contributed by atoms with Gasteiger partial charge in [-0.25, -0.2) is 5.43 Å². The van der Waals surface area contributed by atoms with Crippen molar-refractivity contribution in [3.8, 4) is 0 Å². The first-order valence-corrected chi connectivity index (χ1v) is 11.3. The third kappa shape index (κ3) is 4.95. The third-order valence-electron chi connectivity index (χ3n) is 7.51. The van der Waals surface area contributed by atoms with Crippen molar-refractivity contribution in [3.63, 3.8) is 0 Å². The second-order valence-electron chi connectivity index (χ2n) is 9.87. The lowest BCUT2D eigenvalue weighted by Gasteiger charge is -2.34. The van der Waals surface area contributed by atoms with Crippen LogP contribution < -0.4 is 21.5 Å². The number of nitrogens with one attached hydrogen (secondary N) is 4. The van der Waals surface area contributed by atoms with Crippen molar-refractivity contribution in [1.29, 1.82) is 0 Å². The molecule has 3 rings (SSSR count). The zero-order valence-electron chi connectivity index (χ0n) is 19.2. The van der Waals surface area contributed by atoms with Crippen molar-refractivity contribution in [2.24, 2.45) is 29.1 Å². The number of rotatable bonds is 8. The van der Waals surface area contributed by atoms with E-state index in [2.05, 4.69) is 16.2 Å². The second kappa shape index (κ2) is 9.11. The second-order valence-corrected chi connectivity index (χ2v) is 9.87. The van der Waals surface area contributed by atoms with Gasteiger partial charge in [-0.3, -0.25) is 24.6 Å². The number of fused-ring (bicyclic) bond motifs is 1. The Hall–Kier alpha value is -2.37. The van der Waals surface area contributed by atoms with E-state index in [9.17, 15) is 32.3 Å². The molecule has 1 aliphatic carbocycles. The highest BCUT2D eigenvalue weighted by molar-refractivity contribution is 5.94. The molecular formula is C21H32F3N5O4. The van der Waals surface area contributed by atoms with Crippen LogP contribution in [0.3, 0.4) is 0 Å². The van der Waals surface area contributed by atoms with Gasteiger partial charge in [-0.05, 0) is 29.6 Å². The molecule has 0 aromatic rings. The van der Waals surface area contributed by atoms with Crippen molar-refractivity contribution in [1.82, 2.24) is 26.4 Å². The molecule has 0 aromatic carbocycles. The maximum Gasteiger partial charge on any atom is 0.471 e. The summed E-state index contributed by atoms with van der Waals surface area (Å²) in [4.78, 5) is 50.9. The topological polar surface area (TPSA) is 120 Å². The van der Waals surface area contributed by atoms with E-state index in [1.165, 1.54) is 4.90 Å². The van der Waals surface area contributed by atoms with Gasteiger partial charge < -0.3 is 15.5 Å². The fourth-order valence-electron chi connectivity index (χ4n) is 5.07. The van der Waals surface area contributed by atoms with Crippen molar-refractivity contribution in [2.75, 3.05) is 19.6 Å². The molecule has 0 aromatic heterocycles. The Morgan fingerprint density at radius 2 is 1.94 bits per heavy atom. The van der Waals surface area contributed by atoms with E-state index in [-0.39, 0.29) is 42.2 Å². The summed E-state index contributed by atoms with van der Waals surface area (Å²) in [7, 11) is 0. The summed E-state index contributed by atoms with van der Waals surface area (Å²) in [5.41, 5.74) is 5.14. The first kappa shape index (κ1) is 25.3. The minimum Gasteiger partial charge on any atom is -0.356 e. The van der Waals surface area contributed by atoms with Crippen LogP contribution in [0.25, 0.3) is 0 Å². The van der Waals surface area contributed by atoms with E-state index in [1.807, 2.05) is 19.2 Å². The number of likely N-dealkylation sites (tertiary alicyclic amines) is 1. The van der Waals surface area contributed by atoms with Crippen LogP contribution in [0.4, 0.5) is 13.2 Å². The molecule has 2 saturated heterocycles. The summed E-state index contributed by atoms with van der Waals surface area (Å²) in [6.45, 7) is 8.30. The van der Waals surface area contributed by atoms with Crippen LogP contribution in [-0.4, -0.2) is 66.4 Å². The van der Waals surface area contributed by atoms with Crippen molar-refractivity contribution < 1.29 is 32.3 Å². The molecule has 4 N–H and O–H groups in total. The number of amides is 4. The number of hydrogen-bond donors (Lipinski definition) is 4. The van der Waals surface area contributed by atoms with Gasteiger partial charge in [0.25, 0.3) is 5.91 Å². The van der Waals surface area contributed by atoms with Crippen LogP contribution in [0.2, 0.25) is 0 Å². The highest BCUT2D eigenvalue weighted by atomic mass is 19.4. The Morgan fingerprint density at radius 1 is 1.27 bits per heavy atom. The molecule has 33 heavy (non-hydrogen) atoms. The van der Waals surface area contributed by atoms with Crippen LogP contribution in [-0.2, 0) is 19.2 Å². The van der Waals surface area contributed by atoms with Gasteiger partial charge in [-0.2, -0.15) is 13.2 Å². The van der Waals surface area contributed by atoms with Gasteiger partial charge in [0.15, 0.2) is 0 Å². The van der Waals surface area contributed by atoms with Crippen molar-refractivity contribution in [2.45, 2.75) is 58.8 Å². The van der Waals surface area contributed by atoms with Crippen molar-refractivity contribution >= 4 is 23.6 Å². The lowest BCUT2D eigenvalue weighted by molar-refractivity contribution is -0.175. The number of halogens is 3. The van der Waals surface area contributed by atoms with E-state index >= 15 is 0 Å². The molecule has 3 aliphatic rings. The van der Waals surface area contributed by atoms with E-state index in [0.717, 1.165) is 0 Å². The summed E-state index contributed by atoms with van der Waals surface area (Å²) in [6.07, 6.45) is -4.11. The first-order valence-electron chi connectivity index (χ1n) is 11.3. The van der Waals surface area contributed by atoms with Gasteiger partial charge in [0, 0.05) is 19.6 Å². The average Bonchev–Trinajstić information content (AvgIpc) is 3.11. The summed E-state index contributed by atoms with van der Waals surface area (Å²) >= 11 is 0. The Morgan fingerprint density at radius 3 is 2.48 bits per heavy atom. The first-order chi connectivity index (χ1) is 15.3. The molecule has 2 aliphatic heterocycles. The zero-order chi connectivity index (χ0) is 24.7. The number of alkyl halides is 3. The highest BCUT2D eigenvalue weighted by Gasteiger charge is 2.69. The maximum absolute atomic E-state index is 13.3. The third-order valence-corrected chi connectivity index (χ3v) is 7.51. The lowest BCUT2D eigenvalue weighted by Crippen LogP contribution is -2.59.